The van der Waals surface area contributed by atoms with Crippen LogP contribution in [-0.4, -0.2) is 20.3 Å². The molecule has 0 amide bonds. The van der Waals surface area contributed by atoms with Crippen LogP contribution in [0.1, 0.15) is 30.3 Å². The van der Waals surface area contributed by atoms with E-state index in [9.17, 15) is 10.0 Å². The third kappa shape index (κ3) is 3.81. The summed E-state index contributed by atoms with van der Waals surface area (Å²) in [7, 11) is 0. The number of rotatable bonds is 4. The highest BCUT2D eigenvalue weighted by Gasteiger charge is 2.14. The first-order valence-electron chi connectivity index (χ1n) is 9.26. The first-order chi connectivity index (χ1) is 14.5. The minimum absolute atomic E-state index is 0.201. The molecule has 2 N–H and O–H groups in total. The molecule has 1 aliphatic rings. The van der Waals surface area contributed by atoms with Gasteiger partial charge in [0.2, 0.25) is 4.96 Å². The number of fused-ring (bicyclic) bond motifs is 1. The second-order valence-electron chi connectivity index (χ2n) is 6.61. The molecular weight excluding hydrogens is 426 g/mol. The molecule has 0 saturated carbocycles. The van der Waals surface area contributed by atoms with Crippen LogP contribution in [0.2, 0.25) is 0 Å². The van der Waals surface area contributed by atoms with Crippen LogP contribution in [0.5, 0.6) is 0 Å². The van der Waals surface area contributed by atoms with Gasteiger partial charge in [-0.25, -0.2) is 0 Å². The first-order valence-corrected chi connectivity index (χ1v) is 10.5. The van der Waals surface area contributed by atoms with Crippen molar-refractivity contribution in [1.82, 2.24) is 14.6 Å². The topological polar surface area (TPSA) is 122 Å². The number of halogens is 1. The van der Waals surface area contributed by atoms with Crippen molar-refractivity contribution in [3.63, 3.8) is 0 Å². The van der Waals surface area contributed by atoms with E-state index in [2.05, 4.69) is 22.2 Å². The normalized spacial score (nSPS) is 17.9. The standard InChI is InChI=1S/C20H18ClN5O3S/c1-2-3-4-17-24-26-18(22)14(19(27)23-20(26)30-17)10-12-6-8-16(29-12)13-7-5-11(25-28)9-15(13)21/h5-10,28H,2-4,22H2,1H3/p-1. The summed E-state index contributed by atoms with van der Waals surface area (Å²) in [6.45, 7) is 2.11. The van der Waals surface area contributed by atoms with Crippen molar-refractivity contribution >= 4 is 51.1 Å². The van der Waals surface area contributed by atoms with E-state index in [1.54, 1.807) is 24.3 Å². The molecule has 3 aromatic rings. The van der Waals surface area contributed by atoms with Gasteiger partial charge in [0.25, 0.3) is 5.56 Å². The molecule has 0 fully saturated rings. The van der Waals surface area contributed by atoms with Gasteiger partial charge in [-0.2, -0.15) is 14.6 Å². The molecule has 30 heavy (non-hydrogen) atoms. The Bertz CT molecular complexity index is 1390. The average Bonchev–Trinajstić information content (AvgIpc) is 3.36. The molecule has 0 unspecified atom stereocenters. The van der Waals surface area contributed by atoms with E-state index >= 15 is 0 Å². The number of hydrogen-bond donors (Lipinski definition) is 1. The van der Waals surface area contributed by atoms with Gasteiger partial charge in [0.05, 0.1) is 16.3 Å². The molecule has 0 atom stereocenters. The predicted molar refractivity (Wildman–Crippen MR) is 119 cm³/mol. The molecule has 0 bridgehead atoms. The Hall–Kier alpha value is -3.17. The van der Waals surface area contributed by atoms with Gasteiger partial charge in [-0.15, -0.1) is 0 Å². The first kappa shape index (κ1) is 20.1. The van der Waals surface area contributed by atoms with Gasteiger partial charge < -0.3 is 20.5 Å². The lowest BCUT2D eigenvalue weighted by atomic mass is 10.1. The number of aryl methyl sites for hydroxylation is 1. The van der Waals surface area contributed by atoms with E-state index in [-0.39, 0.29) is 17.1 Å². The largest absolute Gasteiger partial charge is 0.792 e. The van der Waals surface area contributed by atoms with Gasteiger partial charge >= 0.3 is 0 Å². The molecule has 154 valence electrons. The molecule has 3 aromatic heterocycles. The maximum atomic E-state index is 12.5. The maximum Gasteiger partial charge on any atom is 0.283 e. The summed E-state index contributed by atoms with van der Waals surface area (Å²) in [5.74, 6) is 0.210. The summed E-state index contributed by atoms with van der Waals surface area (Å²) in [5, 5.41) is 19.2. The van der Waals surface area contributed by atoms with E-state index in [1.165, 1.54) is 28.0 Å². The Balaban J connectivity index is 1.79. The molecule has 0 aliphatic heterocycles. The molecule has 4 rings (SSSR count). The average molecular weight is 443 g/mol. The molecular formula is C20H17ClN5O3S-. The summed E-state index contributed by atoms with van der Waals surface area (Å²) < 4.78 is 7.31. The number of hydrogen-bond acceptors (Lipinski definition) is 8. The lowest BCUT2D eigenvalue weighted by Crippen LogP contribution is -2.18. The number of allylic oxidation sites excluding steroid dienone is 4. The summed E-state index contributed by atoms with van der Waals surface area (Å²) in [4.78, 5) is 17.1. The molecule has 0 radical (unpaired) electrons. The van der Waals surface area contributed by atoms with Gasteiger partial charge in [0.15, 0.2) is 0 Å². The van der Waals surface area contributed by atoms with Gasteiger partial charge in [0, 0.05) is 12.0 Å². The number of nitrogen functional groups attached to an aromatic ring is 1. The molecule has 0 saturated heterocycles. The molecule has 3 heterocycles. The summed E-state index contributed by atoms with van der Waals surface area (Å²) in [6, 6.07) is 3.41. The Labute approximate surface area is 179 Å². The van der Waals surface area contributed by atoms with Crippen LogP contribution in [0.3, 0.4) is 0 Å². The Kier molecular flexibility index (Phi) is 5.56. The molecule has 10 heteroatoms. The maximum absolute atomic E-state index is 12.5. The van der Waals surface area contributed by atoms with E-state index in [0.717, 1.165) is 24.3 Å². The number of nitrogens with two attached hydrogens (primary N) is 1. The van der Waals surface area contributed by atoms with Crippen LogP contribution >= 0.6 is 22.9 Å². The summed E-state index contributed by atoms with van der Waals surface area (Å²) >= 11 is 7.57. The number of aromatic nitrogens is 3. The minimum atomic E-state index is -0.449. The zero-order chi connectivity index (χ0) is 21.3. The third-order valence-corrected chi connectivity index (χ3v) is 5.80. The van der Waals surface area contributed by atoms with E-state index in [1.807, 2.05) is 0 Å². The second-order valence-corrected chi connectivity index (χ2v) is 8.06. The fourth-order valence-corrected chi connectivity index (χ4v) is 4.17. The van der Waals surface area contributed by atoms with Gasteiger partial charge in [-0.1, -0.05) is 36.3 Å². The molecule has 1 aliphatic carbocycles. The van der Waals surface area contributed by atoms with Crippen LogP contribution in [0.15, 0.2) is 49.8 Å². The quantitative estimate of drug-likeness (QED) is 0.618. The molecule has 0 spiro atoms. The number of anilines is 1. The van der Waals surface area contributed by atoms with Crippen LogP contribution in [0.25, 0.3) is 16.6 Å². The van der Waals surface area contributed by atoms with Gasteiger partial charge in [0.1, 0.15) is 21.7 Å². The van der Waals surface area contributed by atoms with E-state index < -0.39 is 5.56 Å². The van der Waals surface area contributed by atoms with Crippen LogP contribution < -0.4 is 22.1 Å². The highest BCUT2D eigenvalue weighted by Crippen LogP contribution is 2.21. The smallest absolute Gasteiger partial charge is 0.283 e. The fraction of sp³-hybridized carbons (Fsp3) is 0.200. The zero-order valence-electron chi connectivity index (χ0n) is 16.0. The van der Waals surface area contributed by atoms with Crippen molar-refractivity contribution in [2.75, 3.05) is 5.73 Å². The fourth-order valence-electron chi connectivity index (χ4n) is 2.96. The summed E-state index contributed by atoms with van der Waals surface area (Å²) in [6.07, 6.45) is 9.04. The second kappa shape index (κ2) is 8.29. The molecule has 8 nitrogen and oxygen atoms in total. The van der Waals surface area contributed by atoms with Crippen molar-refractivity contribution in [2.45, 2.75) is 26.2 Å². The molecule has 0 aromatic carbocycles. The number of nitrogens with zero attached hydrogens (tertiary/aromatic N) is 4. The van der Waals surface area contributed by atoms with Crippen molar-refractivity contribution < 1.29 is 4.42 Å². The lowest BCUT2D eigenvalue weighted by molar-refractivity contribution is 0.500. The van der Waals surface area contributed by atoms with Crippen molar-refractivity contribution in [2.24, 2.45) is 5.16 Å². The van der Waals surface area contributed by atoms with Crippen LogP contribution in [-0.2, 0) is 6.42 Å². The Morgan fingerprint density at radius 1 is 1.40 bits per heavy atom. The van der Waals surface area contributed by atoms with E-state index in [4.69, 9.17) is 21.8 Å². The summed E-state index contributed by atoms with van der Waals surface area (Å²) in [5.41, 5.74) is 7.68. The number of unbranched alkanes of at least 4 members (excludes halogenated alkanes) is 1. The zero-order valence-corrected chi connectivity index (χ0v) is 17.5. The predicted octanol–water partition coefficient (Wildman–Crippen LogP) is 2.28. The minimum Gasteiger partial charge on any atom is -0.792 e. The number of furan rings is 1. The van der Waals surface area contributed by atoms with E-state index in [0.29, 0.717) is 26.4 Å². The van der Waals surface area contributed by atoms with Crippen LogP contribution in [0, 0.1) is 5.21 Å². The van der Waals surface area contributed by atoms with Crippen LogP contribution in [0.4, 0.5) is 5.82 Å². The highest BCUT2D eigenvalue weighted by molar-refractivity contribution is 7.16. The van der Waals surface area contributed by atoms with Crippen molar-refractivity contribution in [3.8, 4) is 0 Å². The van der Waals surface area contributed by atoms with Gasteiger partial charge in [-0.3, -0.25) is 4.79 Å². The Morgan fingerprint density at radius 3 is 2.97 bits per heavy atom. The lowest BCUT2D eigenvalue weighted by Gasteiger charge is -2.07. The Morgan fingerprint density at radius 2 is 2.23 bits per heavy atom. The third-order valence-electron chi connectivity index (χ3n) is 4.51. The van der Waals surface area contributed by atoms with Crippen molar-refractivity contribution in [1.29, 1.82) is 0 Å². The highest BCUT2D eigenvalue weighted by atomic mass is 35.5. The monoisotopic (exact) mass is 442 g/mol. The van der Waals surface area contributed by atoms with Crippen molar-refractivity contribution in [3.05, 3.63) is 72.4 Å². The SMILES string of the molecule is CCCCc1nn2c(N)c(C=c3ccc(=C4C=CC(=N[O-])C=C4Cl)o3)c(=O)nc2s1. The van der Waals surface area contributed by atoms with Gasteiger partial charge in [-0.05, 0) is 42.9 Å².